The van der Waals surface area contributed by atoms with Gasteiger partial charge in [0.25, 0.3) is 5.91 Å². The van der Waals surface area contributed by atoms with Crippen molar-refractivity contribution in [2.75, 3.05) is 19.0 Å². The molecular weight excluding hydrogens is 358 g/mol. The van der Waals surface area contributed by atoms with Crippen molar-refractivity contribution in [1.82, 2.24) is 9.97 Å². The van der Waals surface area contributed by atoms with E-state index in [0.717, 1.165) is 36.1 Å². The number of hydrogen-bond donors (Lipinski definition) is 1. The number of carbonyl (C=O) groups is 3. The Morgan fingerprint density at radius 3 is 2.73 bits per heavy atom. The molecule has 2 heterocycles. The Bertz CT molecular complexity index is 834. The van der Waals surface area contributed by atoms with Gasteiger partial charge < -0.3 is 14.8 Å². The first-order valence-electron chi connectivity index (χ1n) is 8.06. The molecule has 0 fully saturated rings. The van der Waals surface area contributed by atoms with Crippen LogP contribution in [0.25, 0.3) is 0 Å². The summed E-state index contributed by atoms with van der Waals surface area (Å²) in [5.74, 6) is -1.76. The van der Waals surface area contributed by atoms with Crippen molar-refractivity contribution >= 4 is 34.2 Å². The molecule has 0 unspecified atom stereocenters. The van der Waals surface area contributed by atoms with Crippen LogP contribution in [-0.4, -0.2) is 41.5 Å². The Morgan fingerprint density at radius 2 is 2.00 bits per heavy atom. The number of aryl methyl sites for hydroxylation is 1. The fourth-order valence-electron chi connectivity index (χ4n) is 2.74. The summed E-state index contributed by atoms with van der Waals surface area (Å²) in [6.07, 6.45) is 7.75. The molecule has 2 aromatic rings. The number of nitrogens with zero attached hydrogens (tertiary/aromatic N) is 2. The number of carbonyl (C=O) groups excluding carboxylic acids is 3. The highest BCUT2D eigenvalue weighted by Gasteiger charge is 2.27. The number of aromatic nitrogens is 2. The Morgan fingerprint density at radius 1 is 1.19 bits per heavy atom. The zero-order valence-electron chi connectivity index (χ0n) is 14.1. The van der Waals surface area contributed by atoms with Gasteiger partial charge in [0.15, 0.2) is 12.3 Å². The maximum absolute atomic E-state index is 12.2. The molecule has 1 aliphatic rings. The number of methoxy groups -OCH3 is 1. The number of amides is 1. The third-order valence-electron chi connectivity index (χ3n) is 3.92. The van der Waals surface area contributed by atoms with Crippen LogP contribution < -0.4 is 5.32 Å². The van der Waals surface area contributed by atoms with E-state index < -0.39 is 24.5 Å². The van der Waals surface area contributed by atoms with E-state index in [-0.39, 0.29) is 5.69 Å². The lowest BCUT2D eigenvalue weighted by Gasteiger charge is -2.11. The highest BCUT2D eigenvalue weighted by atomic mass is 32.1. The second-order valence-electron chi connectivity index (χ2n) is 5.62. The molecule has 3 rings (SSSR count). The fraction of sp³-hybridized carbons (Fsp3) is 0.353. The van der Waals surface area contributed by atoms with Crippen molar-refractivity contribution in [3.8, 4) is 0 Å². The maximum atomic E-state index is 12.2. The minimum Gasteiger partial charge on any atom is -0.465 e. The van der Waals surface area contributed by atoms with E-state index >= 15 is 0 Å². The van der Waals surface area contributed by atoms with E-state index in [1.165, 1.54) is 37.0 Å². The minimum absolute atomic E-state index is 0.0159. The molecule has 1 N–H and O–H groups in total. The van der Waals surface area contributed by atoms with Gasteiger partial charge in [-0.05, 0) is 31.2 Å². The Hall–Kier alpha value is -2.81. The van der Waals surface area contributed by atoms with Crippen molar-refractivity contribution in [3.63, 3.8) is 0 Å². The second kappa shape index (κ2) is 8.05. The maximum Gasteiger partial charge on any atom is 0.359 e. The van der Waals surface area contributed by atoms with Gasteiger partial charge in [-0.15, -0.1) is 11.3 Å². The Balaban J connectivity index is 1.68. The van der Waals surface area contributed by atoms with Crippen LogP contribution in [0.15, 0.2) is 18.6 Å². The summed E-state index contributed by atoms with van der Waals surface area (Å²) in [6.45, 7) is -0.488. The normalized spacial score (nSPS) is 12.8. The monoisotopic (exact) mass is 375 g/mol. The van der Waals surface area contributed by atoms with Crippen molar-refractivity contribution < 1.29 is 23.9 Å². The first kappa shape index (κ1) is 18.0. The molecule has 0 radical (unpaired) electrons. The van der Waals surface area contributed by atoms with Crippen molar-refractivity contribution in [1.29, 1.82) is 0 Å². The summed E-state index contributed by atoms with van der Waals surface area (Å²) in [7, 11) is 1.31. The lowest BCUT2D eigenvalue weighted by molar-refractivity contribution is -0.119. The second-order valence-corrected chi connectivity index (χ2v) is 6.73. The van der Waals surface area contributed by atoms with Crippen LogP contribution >= 0.6 is 11.3 Å². The molecule has 136 valence electrons. The van der Waals surface area contributed by atoms with Gasteiger partial charge in [-0.2, -0.15) is 0 Å². The molecule has 0 bridgehead atoms. The van der Waals surface area contributed by atoms with Gasteiger partial charge in [0.1, 0.15) is 5.00 Å². The van der Waals surface area contributed by atoms with Crippen LogP contribution in [0.4, 0.5) is 5.00 Å². The van der Waals surface area contributed by atoms with Gasteiger partial charge in [-0.25, -0.2) is 14.6 Å². The molecule has 0 spiro atoms. The molecule has 0 aromatic carbocycles. The molecule has 8 nitrogen and oxygen atoms in total. The van der Waals surface area contributed by atoms with Crippen molar-refractivity contribution in [2.24, 2.45) is 0 Å². The minimum atomic E-state index is -0.744. The standard InChI is InChI=1S/C17H17N3O5S/c1-24-17(23)14-10-4-2-3-5-12(10)26-15(14)20-13(21)9-25-16(22)11-8-18-6-7-19-11/h6-8H,2-5,9H2,1H3,(H,20,21). The molecule has 1 aliphatic carbocycles. The quantitative estimate of drug-likeness (QED) is 0.796. The zero-order valence-corrected chi connectivity index (χ0v) is 14.9. The number of hydrogen-bond acceptors (Lipinski definition) is 8. The largest absolute Gasteiger partial charge is 0.465 e. The third-order valence-corrected chi connectivity index (χ3v) is 5.13. The van der Waals surface area contributed by atoms with E-state index in [9.17, 15) is 14.4 Å². The molecule has 0 atom stereocenters. The fourth-order valence-corrected chi connectivity index (χ4v) is 4.04. The first-order chi connectivity index (χ1) is 12.6. The highest BCUT2D eigenvalue weighted by Crippen LogP contribution is 2.38. The average molecular weight is 375 g/mol. The van der Waals surface area contributed by atoms with Crippen LogP contribution in [0, 0.1) is 0 Å². The van der Waals surface area contributed by atoms with E-state index in [0.29, 0.717) is 10.6 Å². The van der Waals surface area contributed by atoms with Gasteiger partial charge in [0, 0.05) is 17.3 Å². The third kappa shape index (κ3) is 3.88. The average Bonchev–Trinajstić information content (AvgIpc) is 3.03. The number of nitrogens with one attached hydrogen (secondary N) is 1. The Kier molecular flexibility index (Phi) is 5.57. The molecule has 1 amide bonds. The predicted octanol–water partition coefficient (Wildman–Crippen LogP) is 2.00. The van der Waals surface area contributed by atoms with E-state index in [4.69, 9.17) is 9.47 Å². The van der Waals surface area contributed by atoms with Crippen molar-refractivity contribution in [2.45, 2.75) is 25.7 Å². The molecule has 0 saturated heterocycles. The highest BCUT2D eigenvalue weighted by molar-refractivity contribution is 7.17. The number of thiophene rings is 1. The lowest BCUT2D eigenvalue weighted by atomic mass is 9.95. The van der Waals surface area contributed by atoms with Crippen LogP contribution in [0.5, 0.6) is 0 Å². The first-order valence-corrected chi connectivity index (χ1v) is 8.87. The Labute approximate surface area is 153 Å². The summed E-state index contributed by atoms with van der Waals surface area (Å²) in [4.78, 5) is 44.7. The zero-order chi connectivity index (χ0) is 18.5. The molecule has 9 heteroatoms. The summed E-state index contributed by atoms with van der Waals surface area (Å²) in [6, 6.07) is 0. The number of ether oxygens (including phenoxy) is 2. The van der Waals surface area contributed by atoms with Gasteiger partial charge in [0.2, 0.25) is 0 Å². The molecule has 2 aromatic heterocycles. The van der Waals surface area contributed by atoms with Gasteiger partial charge in [-0.3, -0.25) is 9.78 Å². The topological polar surface area (TPSA) is 107 Å². The molecular formula is C17H17N3O5S. The molecule has 0 aliphatic heterocycles. The van der Waals surface area contributed by atoms with Crippen LogP contribution in [-0.2, 0) is 27.1 Å². The van der Waals surface area contributed by atoms with Crippen LogP contribution in [0.2, 0.25) is 0 Å². The predicted molar refractivity (Wildman–Crippen MR) is 93.2 cm³/mol. The number of fused-ring (bicyclic) bond motifs is 1. The van der Waals surface area contributed by atoms with Crippen LogP contribution in [0.3, 0.4) is 0 Å². The SMILES string of the molecule is COC(=O)c1c(NC(=O)COC(=O)c2cnccn2)sc2c1CCCC2. The van der Waals surface area contributed by atoms with Crippen LogP contribution in [0.1, 0.15) is 44.1 Å². The lowest BCUT2D eigenvalue weighted by Crippen LogP contribution is -2.22. The summed E-state index contributed by atoms with van der Waals surface area (Å²) >= 11 is 1.37. The summed E-state index contributed by atoms with van der Waals surface area (Å²) in [5, 5.41) is 3.09. The van der Waals surface area contributed by atoms with Gasteiger partial charge in [0.05, 0.1) is 18.9 Å². The van der Waals surface area contributed by atoms with E-state index in [1.807, 2.05) is 0 Å². The molecule has 26 heavy (non-hydrogen) atoms. The summed E-state index contributed by atoms with van der Waals surface area (Å²) in [5.41, 5.74) is 1.36. The summed E-state index contributed by atoms with van der Waals surface area (Å²) < 4.78 is 9.78. The number of anilines is 1. The molecule has 0 saturated carbocycles. The number of esters is 2. The van der Waals surface area contributed by atoms with Gasteiger partial charge in [-0.1, -0.05) is 0 Å². The number of rotatable bonds is 5. The van der Waals surface area contributed by atoms with E-state index in [1.54, 1.807) is 0 Å². The van der Waals surface area contributed by atoms with Gasteiger partial charge >= 0.3 is 11.9 Å². The van der Waals surface area contributed by atoms with Crippen molar-refractivity contribution in [3.05, 3.63) is 40.3 Å². The smallest absolute Gasteiger partial charge is 0.359 e. The van der Waals surface area contributed by atoms with E-state index in [2.05, 4.69) is 15.3 Å².